The Morgan fingerprint density at radius 2 is 1.92 bits per heavy atom. The molecule has 3 aromatic rings. The second-order valence-electron chi connectivity index (χ2n) is 5.48. The van der Waals surface area contributed by atoms with E-state index in [4.69, 9.17) is 5.11 Å². The van der Waals surface area contributed by atoms with Crippen LogP contribution in [0.1, 0.15) is 27.7 Å². The van der Waals surface area contributed by atoms with Gasteiger partial charge in [-0.05, 0) is 23.6 Å². The number of ketones is 1. The van der Waals surface area contributed by atoms with Crippen LogP contribution >= 0.6 is 11.3 Å². The van der Waals surface area contributed by atoms with Crippen LogP contribution < -0.4 is 5.32 Å². The lowest BCUT2D eigenvalue weighted by Gasteiger charge is -2.14. The maximum absolute atomic E-state index is 12.4. The minimum Gasteiger partial charge on any atom is -0.481 e. The summed E-state index contributed by atoms with van der Waals surface area (Å²) in [7, 11) is 0. The van der Waals surface area contributed by atoms with E-state index >= 15 is 0 Å². The van der Waals surface area contributed by atoms with E-state index in [1.165, 1.54) is 28.4 Å². The lowest BCUT2D eigenvalue weighted by molar-refractivity contribution is -0.137. The minimum absolute atomic E-state index is 0.131. The number of carboxylic acid groups (broad SMARTS) is 1. The van der Waals surface area contributed by atoms with Crippen LogP contribution in [0, 0.1) is 0 Å². The number of Topliss-reactive ketones (excluding diaryl/α,β-unsaturated/α-hetero) is 1. The van der Waals surface area contributed by atoms with Crippen LogP contribution in [0.2, 0.25) is 0 Å². The SMILES string of the molecule is O=C(O)C[C@H](NC(=O)C(=O)c1cnn(-c2ccccc2)c1)c1cccs1. The monoisotopic (exact) mass is 369 g/mol. The number of benzene rings is 1. The Balaban J connectivity index is 1.74. The normalized spacial score (nSPS) is 11.7. The van der Waals surface area contributed by atoms with Crippen molar-refractivity contribution in [2.75, 3.05) is 0 Å². The number of thiophene rings is 1. The van der Waals surface area contributed by atoms with Crippen LogP contribution in [0.5, 0.6) is 0 Å². The summed E-state index contributed by atoms with van der Waals surface area (Å²) in [6.07, 6.45) is 2.48. The molecule has 0 radical (unpaired) electrons. The number of nitrogens with zero attached hydrogens (tertiary/aromatic N) is 2. The van der Waals surface area contributed by atoms with Crippen molar-refractivity contribution in [3.63, 3.8) is 0 Å². The number of carboxylic acids is 1. The van der Waals surface area contributed by atoms with Crippen LogP contribution in [0.4, 0.5) is 0 Å². The highest BCUT2D eigenvalue weighted by Gasteiger charge is 2.24. The molecule has 0 saturated heterocycles. The molecule has 0 fully saturated rings. The fraction of sp³-hybridized carbons (Fsp3) is 0.111. The first-order chi connectivity index (χ1) is 12.5. The summed E-state index contributed by atoms with van der Waals surface area (Å²) in [5.41, 5.74) is 0.890. The van der Waals surface area contributed by atoms with Gasteiger partial charge >= 0.3 is 5.97 Å². The third-order valence-electron chi connectivity index (χ3n) is 3.64. The molecule has 2 heterocycles. The van der Waals surface area contributed by atoms with Crippen molar-refractivity contribution in [1.82, 2.24) is 15.1 Å². The molecule has 26 heavy (non-hydrogen) atoms. The Kier molecular flexibility index (Phi) is 5.23. The number of amides is 1. The van der Waals surface area contributed by atoms with Gasteiger partial charge in [-0.3, -0.25) is 14.4 Å². The Labute approximate surface area is 152 Å². The van der Waals surface area contributed by atoms with Crippen molar-refractivity contribution in [3.05, 3.63) is 70.7 Å². The molecule has 8 heteroatoms. The van der Waals surface area contributed by atoms with Crippen LogP contribution in [0.3, 0.4) is 0 Å². The molecule has 1 amide bonds. The van der Waals surface area contributed by atoms with E-state index in [-0.39, 0.29) is 12.0 Å². The summed E-state index contributed by atoms with van der Waals surface area (Å²) in [5.74, 6) is -2.69. The van der Waals surface area contributed by atoms with E-state index in [1.54, 1.807) is 17.5 Å². The molecule has 0 saturated carbocycles. The molecule has 3 rings (SSSR count). The quantitative estimate of drug-likeness (QED) is 0.492. The van der Waals surface area contributed by atoms with Gasteiger partial charge in [0.05, 0.1) is 29.9 Å². The molecular weight excluding hydrogens is 354 g/mol. The Morgan fingerprint density at radius 1 is 1.15 bits per heavy atom. The molecule has 0 spiro atoms. The van der Waals surface area contributed by atoms with Crippen LogP contribution in [0.15, 0.2) is 60.2 Å². The van der Waals surface area contributed by atoms with Gasteiger partial charge in [0.2, 0.25) is 0 Å². The predicted molar refractivity (Wildman–Crippen MR) is 95.4 cm³/mol. The van der Waals surface area contributed by atoms with Gasteiger partial charge in [0.1, 0.15) is 0 Å². The largest absolute Gasteiger partial charge is 0.481 e. The Bertz CT molecular complexity index is 919. The fourth-order valence-corrected chi connectivity index (χ4v) is 3.18. The zero-order valence-corrected chi connectivity index (χ0v) is 14.3. The molecule has 2 aromatic heterocycles. The smallest absolute Gasteiger partial charge is 0.305 e. The number of aliphatic carboxylic acids is 1. The second kappa shape index (κ2) is 7.75. The summed E-state index contributed by atoms with van der Waals surface area (Å²) in [5, 5.41) is 17.4. The number of rotatable bonds is 7. The number of hydrogen-bond donors (Lipinski definition) is 2. The van der Waals surface area contributed by atoms with Gasteiger partial charge in [-0.15, -0.1) is 11.3 Å². The first-order valence-electron chi connectivity index (χ1n) is 7.75. The first-order valence-corrected chi connectivity index (χ1v) is 8.63. The summed E-state index contributed by atoms with van der Waals surface area (Å²) in [6.45, 7) is 0. The van der Waals surface area contributed by atoms with E-state index in [9.17, 15) is 14.4 Å². The molecule has 1 atom stereocenters. The lowest BCUT2D eigenvalue weighted by atomic mass is 10.1. The van der Waals surface area contributed by atoms with E-state index in [1.807, 2.05) is 30.3 Å². The fourth-order valence-electron chi connectivity index (χ4n) is 2.40. The van der Waals surface area contributed by atoms with E-state index in [2.05, 4.69) is 10.4 Å². The van der Waals surface area contributed by atoms with Crippen molar-refractivity contribution in [1.29, 1.82) is 0 Å². The molecule has 0 unspecified atom stereocenters. The van der Waals surface area contributed by atoms with Crippen molar-refractivity contribution < 1.29 is 19.5 Å². The van der Waals surface area contributed by atoms with E-state index in [0.29, 0.717) is 4.88 Å². The summed E-state index contributed by atoms with van der Waals surface area (Å²) in [6, 6.07) is 11.9. The molecule has 1 aromatic carbocycles. The highest BCUT2D eigenvalue weighted by atomic mass is 32.1. The predicted octanol–water partition coefficient (Wildman–Crippen LogP) is 2.45. The molecule has 0 aliphatic heterocycles. The van der Waals surface area contributed by atoms with Gasteiger partial charge in [0.25, 0.3) is 11.7 Å². The molecule has 132 valence electrons. The van der Waals surface area contributed by atoms with Crippen molar-refractivity contribution in [2.45, 2.75) is 12.5 Å². The van der Waals surface area contributed by atoms with Crippen molar-refractivity contribution >= 4 is 29.0 Å². The van der Waals surface area contributed by atoms with Gasteiger partial charge in [0.15, 0.2) is 0 Å². The third-order valence-corrected chi connectivity index (χ3v) is 4.63. The zero-order chi connectivity index (χ0) is 18.5. The van der Waals surface area contributed by atoms with E-state index < -0.39 is 23.7 Å². The van der Waals surface area contributed by atoms with Gasteiger partial charge in [-0.1, -0.05) is 24.3 Å². The summed E-state index contributed by atoms with van der Waals surface area (Å²) in [4.78, 5) is 36.4. The molecule has 2 N–H and O–H groups in total. The van der Waals surface area contributed by atoms with Gasteiger partial charge in [-0.2, -0.15) is 5.10 Å². The number of nitrogens with one attached hydrogen (secondary N) is 1. The van der Waals surface area contributed by atoms with Gasteiger partial charge < -0.3 is 10.4 Å². The number of para-hydroxylation sites is 1. The van der Waals surface area contributed by atoms with Crippen LogP contribution in [-0.4, -0.2) is 32.5 Å². The maximum atomic E-state index is 12.4. The second-order valence-corrected chi connectivity index (χ2v) is 6.46. The number of aromatic nitrogens is 2. The van der Waals surface area contributed by atoms with Gasteiger partial charge in [-0.25, -0.2) is 4.68 Å². The molecular formula is C18H15N3O4S. The highest BCUT2D eigenvalue weighted by Crippen LogP contribution is 2.22. The lowest BCUT2D eigenvalue weighted by Crippen LogP contribution is -2.35. The highest BCUT2D eigenvalue weighted by molar-refractivity contribution is 7.10. The minimum atomic E-state index is -1.06. The average molecular weight is 369 g/mol. The van der Waals surface area contributed by atoms with Crippen LogP contribution in [-0.2, 0) is 9.59 Å². The molecule has 7 nitrogen and oxygen atoms in total. The van der Waals surface area contributed by atoms with Crippen molar-refractivity contribution in [3.8, 4) is 5.69 Å². The zero-order valence-electron chi connectivity index (χ0n) is 13.5. The number of carbonyl (C=O) groups excluding carboxylic acids is 2. The maximum Gasteiger partial charge on any atom is 0.305 e. The molecule has 0 bridgehead atoms. The Morgan fingerprint density at radius 3 is 2.58 bits per heavy atom. The van der Waals surface area contributed by atoms with Gasteiger partial charge in [0, 0.05) is 11.1 Å². The number of carbonyl (C=O) groups is 3. The summed E-state index contributed by atoms with van der Waals surface area (Å²) >= 11 is 1.32. The molecule has 0 aliphatic carbocycles. The summed E-state index contributed by atoms with van der Waals surface area (Å²) < 4.78 is 1.49. The third kappa shape index (κ3) is 4.04. The average Bonchev–Trinajstić information content (AvgIpc) is 3.32. The first kappa shape index (κ1) is 17.6. The number of hydrogen-bond acceptors (Lipinski definition) is 5. The topological polar surface area (TPSA) is 101 Å². The Hall–Kier alpha value is -3.26. The van der Waals surface area contributed by atoms with Crippen LogP contribution in [0.25, 0.3) is 5.69 Å². The van der Waals surface area contributed by atoms with E-state index in [0.717, 1.165) is 5.69 Å². The standard InChI is InChI=1S/C18H15N3O4S/c22-16(23)9-14(15-7-4-8-26-15)20-18(25)17(24)12-10-19-21(11-12)13-5-2-1-3-6-13/h1-8,10-11,14H,9H2,(H,20,25)(H,22,23)/t14-/m0/s1. The van der Waals surface area contributed by atoms with Crippen molar-refractivity contribution in [2.24, 2.45) is 0 Å². The molecule has 0 aliphatic rings.